The number of hydrogen-bond acceptors (Lipinski definition) is 3. The molecule has 0 spiro atoms. The van der Waals surface area contributed by atoms with Crippen LogP contribution in [0.1, 0.15) is 25.0 Å². The number of nitrogens with one attached hydrogen (secondary N) is 1. The highest BCUT2D eigenvalue weighted by Gasteiger charge is 2.17. The van der Waals surface area contributed by atoms with Crippen LogP contribution < -0.4 is 5.32 Å². The molecule has 1 rings (SSSR count). The molecule has 0 heterocycles. The van der Waals surface area contributed by atoms with Crippen LogP contribution in [0.2, 0.25) is 0 Å². The van der Waals surface area contributed by atoms with Gasteiger partial charge in [-0.3, -0.25) is 4.79 Å². The summed E-state index contributed by atoms with van der Waals surface area (Å²) in [4.78, 5) is 10.8. The number of benzene rings is 1. The summed E-state index contributed by atoms with van der Waals surface area (Å²) in [6, 6.07) is 7.59. The highest BCUT2D eigenvalue weighted by molar-refractivity contribution is 5.70. The molecular formula is C14H21NO3. The molecule has 0 atom stereocenters. The van der Waals surface area contributed by atoms with Crippen LogP contribution in [0.3, 0.4) is 0 Å². The van der Waals surface area contributed by atoms with Gasteiger partial charge in [-0.25, -0.2) is 0 Å². The van der Waals surface area contributed by atoms with E-state index in [9.17, 15) is 4.79 Å². The molecule has 0 aliphatic heterocycles. The minimum Gasteiger partial charge on any atom is -0.481 e. The second kappa shape index (κ2) is 6.52. The maximum atomic E-state index is 10.8. The van der Waals surface area contributed by atoms with E-state index in [1.54, 1.807) is 7.11 Å². The van der Waals surface area contributed by atoms with Crippen molar-refractivity contribution in [3.63, 3.8) is 0 Å². The van der Waals surface area contributed by atoms with Gasteiger partial charge >= 0.3 is 5.97 Å². The van der Waals surface area contributed by atoms with Crippen LogP contribution in [0.15, 0.2) is 24.3 Å². The van der Waals surface area contributed by atoms with Crippen LogP contribution in [0.5, 0.6) is 0 Å². The average molecular weight is 251 g/mol. The zero-order valence-corrected chi connectivity index (χ0v) is 11.2. The Bertz CT molecular complexity index is 402. The molecule has 0 unspecified atom stereocenters. The molecular weight excluding hydrogens is 230 g/mol. The Kier molecular flexibility index (Phi) is 5.31. The molecule has 4 nitrogen and oxygen atoms in total. The first-order valence-electron chi connectivity index (χ1n) is 5.97. The Morgan fingerprint density at radius 1 is 1.33 bits per heavy atom. The first kappa shape index (κ1) is 14.7. The molecule has 0 aromatic heterocycles. The summed E-state index contributed by atoms with van der Waals surface area (Å²) >= 11 is 0. The number of rotatable bonds is 7. The van der Waals surface area contributed by atoms with E-state index < -0.39 is 5.97 Å². The van der Waals surface area contributed by atoms with Gasteiger partial charge in [0.2, 0.25) is 0 Å². The van der Waals surface area contributed by atoms with Crippen LogP contribution >= 0.6 is 0 Å². The molecule has 0 radical (unpaired) electrons. The molecule has 2 N–H and O–H groups in total. The highest BCUT2D eigenvalue weighted by atomic mass is 16.5. The SMILES string of the molecule is COCC(C)(C)NCc1ccccc1CC(=O)O. The fraction of sp³-hybridized carbons (Fsp3) is 0.500. The molecule has 4 heteroatoms. The van der Waals surface area contributed by atoms with E-state index in [4.69, 9.17) is 9.84 Å². The molecule has 1 aromatic carbocycles. The van der Waals surface area contributed by atoms with Crippen LogP contribution in [-0.2, 0) is 22.5 Å². The molecule has 0 amide bonds. The minimum atomic E-state index is -0.807. The molecule has 0 saturated carbocycles. The van der Waals surface area contributed by atoms with Crippen LogP contribution in [0.4, 0.5) is 0 Å². The number of carboxylic acids is 1. The zero-order chi connectivity index (χ0) is 13.6. The first-order chi connectivity index (χ1) is 8.44. The van der Waals surface area contributed by atoms with Crippen molar-refractivity contribution in [2.24, 2.45) is 0 Å². The fourth-order valence-corrected chi connectivity index (χ4v) is 1.81. The van der Waals surface area contributed by atoms with Gasteiger partial charge in [0, 0.05) is 19.2 Å². The number of carboxylic acid groups (broad SMARTS) is 1. The van der Waals surface area contributed by atoms with Crippen molar-refractivity contribution >= 4 is 5.97 Å². The molecule has 0 aliphatic carbocycles. The van der Waals surface area contributed by atoms with Crippen LogP contribution in [-0.4, -0.2) is 30.3 Å². The first-order valence-corrected chi connectivity index (χ1v) is 5.97. The van der Waals surface area contributed by atoms with Crippen molar-refractivity contribution in [3.05, 3.63) is 35.4 Å². The van der Waals surface area contributed by atoms with Crippen molar-refractivity contribution in [3.8, 4) is 0 Å². The maximum Gasteiger partial charge on any atom is 0.307 e. The van der Waals surface area contributed by atoms with Gasteiger partial charge in [-0.1, -0.05) is 24.3 Å². The predicted octanol–water partition coefficient (Wildman–Crippen LogP) is 1.83. The second-order valence-corrected chi connectivity index (χ2v) is 5.01. The molecule has 100 valence electrons. The number of ether oxygens (including phenoxy) is 1. The van der Waals surface area contributed by atoms with Crippen LogP contribution in [0.25, 0.3) is 0 Å². The lowest BCUT2D eigenvalue weighted by molar-refractivity contribution is -0.136. The van der Waals surface area contributed by atoms with E-state index in [-0.39, 0.29) is 12.0 Å². The topological polar surface area (TPSA) is 58.6 Å². The van der Waals surface area contributed by atoms with Gasteiger partial charge in [-0.2, -0.15) is 0 Å². The Balaban J connectivity index is 2.69. The lowest BCUT2D eigenvalue weighted by Crippen LogP contribution is -2.42. The van der Waals surface area contributed by atoms with E-state index in [0.29, 0.717) is 13.2 Å². The van der Waals surface area contributed by atoms with E-state index in [0.717, 1.165) is 11.1 Å². The largest absolute Gasteiger partial charge is 0.481 e. The third-order valence-electron chi connectivity index (χ3n) is 2.72. The van der Waals surface area contributed by atoms with Gasteiger partial charge in [0.25, 0.3) is 0 Å². The standard InChI is InChI=1S/C14H21NO3/c1-14(2,10-18-3)15-9-12-7-5-4-6-11(12)8-13(16)17/h4-7,15H,8-10H2,1-3H3,(H,16,17). The summed E-state index contributed by atoms with van der Waals surface area (Å²) in [5.74, 6) is -0.807. The second-order valence-electron chi connectivity index (χ2n) is 5.01. The van der Waals surface area contributed by atoms with Gasteiger partial charge in [0.1, 0.15) is 0 Å². The molecule has 0 aliphatic rings. The third-order valence-corrected chi connectivity index (χ3v) is 2.72. The van der Waals surface area contributed by atoms with E-state index >= 15 is 0 Å². The lowest BCUT2D eigenvalue weighted by atomic mass is 10.0. The minimum absolute atomic E-state index is 0.0581. The molecule has 18 heavy (non-hydrogen) atoms. The predicted molar refractivity (Wildman–Crippen MR) is 70.6 cm³/mol. The summed E-state index contributed by atoms with van der Waals surface area (Å²) < 4.78 is 5.13. The van der Waals surface area contributed by atoms with Crippen molar-refractivity contribution in [1.29, 1.82) is 0 Å². The summed E-state index contributed by atoms with van der Waals surface area (Å²) in [6.45, 7) is 5.35. The molecule has 0 fully saturated rings. The molecule has 0 bridgehead atoms. The van der Waals surface area contributed by atoms with Crippen molar-refractivity contribution in [2.75, 3.05) is 13.7 Å². The number of methoxy groups -OCH3 is 1. The Labute approximate surface area is 108 Å². The number of aliphatic carboxylic acids is 1. The van der Waals surface area contributed by atoms with Gasteiger partial charge in [-0.05, 0) is 25.0 Å². The smallest absolute Gasteiger partial charge is 0.307 e. The monoisotopic (exact) mass is 251 g/mol. The van der Waals surface area contributed by atoms with Crippen molar-refractivity contribution < 1.29 is 14.6 Å². The summed E-state index contributed by atoms with van der Waals surface area (Å²) in [7, 11) is 1.67. The van der Waals surface area contributed by atoms with Crippen molar-refractivity contribution in [2.45, 2.75) is 32.4 Å². The zero-order valence-electron chi connectivity index (χ0n) is 11.2. The highest BCUT2D eigenvalue weighted by Crippen LogP contribution is 2.12. The molecule has 0 saturated heterocycles. The van der Waals surface area contributed by atoms with E-state index in [1.807, 2.05) is 24.3 Å². The van der Waals surface area contributed by atoms with E-state index in [2.05, 4.69) is 19.2 Å². The van der Waals surface area contributed by atoms with Gasteiger partial charge < -0.3 is 15.2 Å². The van der Waals surface area contributed by atoms with Gasteiger partial charge in [0.05, 0.1) is 13.0 Å². The summed E-state index contributed by atoms with van der Waals surface area (Å²) in [6.07, 6.45) is 0.0581. The Morgan fingerprint density at radius 3 is 2.50 bits per heavy atom. The summed E-state index contributed by atoms with van der Waals surface area (Å²) in [5, 5.41) is 12.2. The quantitative estimate of drug-likeness (QED) is 0.776. The normalized spacial score (nSPS) is 11.5. The fourth-order valence-electron chi connectivity index (χ4n) is 1.81. The Hall–Kier alpha value is -1.39. The number of carbonyl (C=O) groups is 1. The van der Waals surface area contributed by atoms with Crippen molar-refractivity contribution in [1.82, 2.24) is 5.32 Å². The van der Waals surface area contributed by atoms with E-state index in [1.165, 1.54) is 0 Å². The average Bonchev–Trinajstić information content (AvgIpc) is 2.27. The Morgan fingerprint density at radius 2 is 1.94 bits per heavy atom. The summed E-state index contributed by atoms with van der Waals surface area (Å²) in [5.41, 5.74) is 1.74. The molecule has 1 aromatic rings. The third kappa shape index (κ3) is 4.85. The number of hydrogen-bond donors (Lipinski definition) is 2. The van der Waals surface area contributed by atoms with Crippen LogP contribution in [0, 0.1) is 0 Å². The lowest BCUT2D eigenvalue weighted by Gasteiger charge is -2.26. The van der Waals surface area contributed by atoms with Gasteiger partial charge in [-0.15, -0.1) is 0 Å². The van der Waals surface area contributed by atoms with Gasteiger partial charge in [0.15, 0.2) is 0 Å². The maximum absolute atomic E-state index is 10.8.